The third kappa shape index (κ3) is 4.42. The van der Waals surface area contributed by atoms with Crippen LogP contribution in [-0.2, 0) is 13.0 Å². The van der Waals surface area contributed by atoms with E-state index in [1.807, 2.05) is 19.1 Å². The number of rotatable bonds is 5. The van der Waals surface area contributed by atoms with E-state index in [4.69, 9.17) is 21.7 Å². The number of nitrogens with one attached hydrogen (secondary N) is 2. The Morgan fingerprint density at radius 2 is 2.16 bits per heavy atom. The molecule has 5 heteroatoms. The molecule has 0 unspecified atom stereocenters. The fourth-order valence-corrected chi connectivity index (χ4v) is 3.17. The Morgan fingerprint density at radius 1 is 1.32 bits per heavy atom. The first-order chi connectivity index (χ1) is 12.0. The fourth-order valence-electron chi connectivity index (χ4n) is 2.98. The fraction of sp³-hybridized carbons (Fsp3) is 0.350. The molecule has 0 radical (unpaired) electrons. The summed E-state index contributed by atoms with van der Waals surface area (Å²) >= 11 is 5.41. The van der Waals surface area contributed by atoms with Crippen LogP contribution in [-0.4, -0.2) is 17.8 Å². The first kappa shape index (κ1) is 17.5. The van der Waals surface area contributed by atoms with Gasteiger partial charge in [0, 0.05) is 29.8 Å². The Morgan fingerprint density at radius 3 is 2.92 bits per heavy atom. The van der Waals surface area contributed by atoms with Crippen molar-refractivity contribution < 1.29 is 9.47 Å². The summed E-state index contributed by atoms with van der Waals surface area (Å²) in [6.07, 6.45) is 1.15. The molecule has 25 heavy (non-hydrogen) atoms. The van der Waals surface area contributed by atoms with Crippen LogP contribution in [0, 0.1) is 6.92 Å². The Hall–Kier alpha value is -2.27. The zero-order chi connectivity index (χ0) is 17.8. The van der Waals surface area contributed by atoms with Crippen molar-refractivity contribution in [3.05, 3.63) is 53.1 Å². The molecule has 0 saturated heterocycles. The van der Waals surface area contributed by atoms with E-state index in [2.05, 4.69) is 48.7 Å². The molecule has 0 fully saturated rings. The topological polar surface area (TPSA) is 42.5 Å². The monoisotopic (exact) mass is 356 g/mol. The molecule has 2 N–H and O–H groups in total. The Bertz CT molecular complexity index is 776. The van der Waals surface area contributed by atoms with Gasteiger partial charge in [-0.15, -0.1) is 0 Å². The normalized spacial score (nSPS) is 15.2. The lowest BCUT2D eigenvalue weighted by molar-refractivity contribution is 0.254. The molecule has 2 aromatic carbocycles. The van der Waals surface area contributed by atoms with Gasteiger partial charge in [-0.3, -0.25) is 0 Å². The second kappa shape index (κ2) is 7.74. The lowest BCUT2D eigenvalue weighted by atomic mass is 10.1. The molecule has 1 aliphatic heterocycles. The summed E-state index contributed by atoms with van der Waals surface area (Å²) in [5, 5.41) is 7.05. The van der Waals surface area contributed by atoms with E-state index in [0.717, 1.165) is 29.2 Å². The van der Waals surface area contributed by atoms with Crippen LogP contribution < -0.4 is 20.1 Å². The van der Waals surface area contributed by atoms with Gasteiger partial charge in [0.2, 0.25) is 0 Å². The van der Waals surface area contributed by atoms with Crippen molar-refractivity contribution in [3.8, 4) is 11.5 Å². The maximum absolute atomic E-state index is 5.86. The number of benzene rings is 2. The number of fused-ring (bicyclic) bond motifs is 1. The molecule has 0 amide bonds. The summed E-state index contributed by atoms with van der Waals surface area (Å²) in [5.41, 5.74) is 4.42. The molecular weight excluding hydrogens is 332 g/mol. The van der Waals surface area contributed by atoms with Gasteiger partial charge >= 0.3 is 0 Å². The molecular formula is C20H24N2O2S. The summed E-state index contributed by atoms with van der Waals surface area (Å²) in [5.74, 6) is 1.84. The van der Waals surface area contributed by atoms with Crippen molar-refractivity contribution in [1.29, 1.82) is 0 Å². The first-order valence-corrected chi connectivity index (χ1v) is 9.02. The standard InChI is InChI=1S/C20H24N2O2S/c1-4-23-18-10-15-9-14(3)24-19(15)11-16(18)12-21-20(25)22-17-7-5-6-13(2)8-17/h5-8,10-11,14H,4,9,12H2,1-3H3,(H2,21,22,25)/t14-/m0/s1. The molecule has 1 aliphatic rings. The lowest BCUT2D eigenvalue weighted by Gasteiger charge is -2.15. The maximum Gasteiger partial charge on any atom is 0.171 e. The van der Waals surface area contributed by atoms with E-state index in [1.165, 1.54) is 11.1 Å². The number of anilines is 1. The van der Waals surface area contributed by atoms with Gasteiger partial charge in [0.15, 0.2) is 5.11 Å². The highest BCUT2D eigenvalue weighted by atomic mass is 32.1. The molecule has 1 atom stereocenters. The molecule has 3 rings (SSSR count). The SMILES string of the molecule is CCOc1cc2c(cc1CNC(=S)Nc1cccc(C)c1)O[C@@H](C)C2. The van der Waals surface area contributed by atoms with Gasteiger partial charge in [0.25, 0.3) is 0 Å². The van der Waals surface area contributed by atoms with Crippen LogP contribution in [0.3, 0.4) is 0 Å². The molecule has 0 aliphatic carbocycles. The average molecular weight is 356 g/mol. The van der Waals surface area contributed by atoms with E-state index in [-0.39, 0.29) is 6.10 Å². The number of aryl methyl sites for hydroxylation is 1. The van der Waals surface area contributed by atoms with Crippen molar-refractivity contribution in [2.24, 2.45) is 0 Å². The zero-order valence-corrected chi connectivity index (χ0v) is 15.7. The summed E-state index contributed by atoms with van der Waals surface area (Å²) in [6, 6.07) is 12.3. The summed E-state index contributed by atoms with van der Waals surface area (Å²) in [6.45, 7) is 7.35. The van der Waals surface area contributed by atoms with Gasteiger partial charge in [-0.05, 0) is 62.8 Å². The van der Waals surface area contributed by atoms with Crippen LogP contribution in [0.5, 0.6) is 11.5 Å². The predicted molar refractivity (Wildman–Crippen MR) is 106 cm³/mol. The number of hydrogen-bond donors (Lipinski definition) is 2. The van der Waals surface area contributed by atoms with Crippen molar-refractivity contribution in [3.63, 3.8) is 0 Å². The Balaban J connectivity index is 1.67. The first-order valence-electron chi connectivity index (χ1n) is 8.62. The minimum absolute atomic E-state index is 0.219. The van der Waals surface area contributed by atoms with Crippen LogP contribution in [0.2, 0.25) is 0 Å². The van der Waals surface area contributed by atoms with Crippen LogP contribution in [0.1, 0.15) is 30.5 Å². The minimum atomic E-state index is 0.219. The predicted octanol–water partition coefficient (Wildman–Crippen LogP) is 4.20. The van der Waals surface area contributed by atoms with Crippen LogP contribution in [0.4, 0.5) is 5.69 Å². The molecule has 4 nitrogen and oxygen atoms in total. The smallest absolute Gasteiger partial charge is 0.171 e. The maximum atomic E-state index is 5.86. The van der Waals surface area contributed by atoms with Gasteiger partial charge < -0.3 is 20.1 Å². The van der Waals surface area contributed by atoms with E-state index in [9.17, 15) is 0 Å². The highest BCUT2D eigenvalue weighted by molar-refractivity contribution is 7.80. The van der Waals surface area contributed by atoms with Crippen molar-refractivity contribution in [1.82, 2.24) is 5.32 Å². The second-order valence-corrected chi connectivity index (χ2v) is 6.72. The number of ether oxygens (including phenoxy) is 2. The van der Waals surface area contributed by atoms with E-state index in [0.29, 0.717) is 18.3 Å². The molecule has 132 valence electrons. The van der Waals surface area contributed by atoms with Gasteiger partial charge in [-0.1, -0.05) is 12.1 Å². The zero-order valence-electron chi connectivity index (χ0n) is 14.9. The summed E-state index contributed by atoms with van der Waals surface area (Å²) in [7, 11) is 0. The highest BCUT2D eigenvalue weighted by Crippen LogP contribution is 2.35. The van der Waals surface area contributed by atoms with Crippen LogP contribution in [0.15, 0.2) is 36.4 Å². The summed E-state index contributed by atoms with van der Waals surface area (Å²) < 4.78 is 11.7. The Kier molecular flexibility index (Phi) is 5.43. The summed E-state index contributed by atoms with van der Waals surface area (Å²) in [4.78, 5) is 0. The van der Waals surface area contributed by atoms with Crippen molar-refractivity contribution >= 4 is 23.0 Å². The number of thiocarbonyl (C=S) groups is 1. The quantitative estimate of drug-likeness (QED) is 0.786. The lowest BCUT2D eigenvalue weighted by Crippen LogP contribution is -2.28. The highest BCUT2D eigenvalue weighted by Gasteiger charge is 2.21. The Labute approximate surface area is 154 Å². The number of hydrogen-bond acceptors (Lipinski definition) is 3. The average Bonchev–Trinajstić information content (AvgIpc) is 2.92. The molecule has 1 heterocycles. The van der Waals surface area contributed by atoms with Crippen molar-refractivity contribution in [2.75, 3.05) is 11.9 Å². The van der Waals surface area contributed by atoms with Gasteiger partial charge in [-0.2, -0.15) is 0 Å². The largest absolute Gasteiger partial charge is 0.494 e. The van der Waals surface area contributed by atoms with Gasteiger partial charge in [0.05, 0.1) is 6.61 Å². The molecule has 0 saturated carbocycles. The van der Waals surface area contributed by atoms with E-state index < -0.39 is 0 Å². The van der Waals surface area contributed by atoms with E-state index >= 15 is 0 Å². The molecule has 2 aromatic rings. The van der Waals surface area contributed by atoms with E-state index in [1.54, 1.807) is 0 Å². The van der Waals surface area contributed by atoms with Gasteiger partial charge in [-0.25, -0.2) is 0 Å². The molecule has 0 spiro atoms. The van der Waals surface area contributed by atoms with Crippen LogP contribution >= 0.6 is 12.2 Å². The minimum Gasteiger partial charge on any atom is -0.494 e. The third-order valence-corrected chi connectivity index (χ3v) is 4.34. The van der Waals surface area contributed by atoms with Crippen LogP contribution in [0.25, 0.3) is 0 Å². The molecule has 0 bridgehead atoms. The van der Waals surface area contributed by atoms with Gasteiger partial charge in [0.1, 0.15) is 17.6 Å². The second-order valence-electron chi connectivity index (χ2n) is 6.31. The van der Waals surface area contributed by atoms with Crippen molar-refractivity contribution in [2.45, 2.75) is 39.8 Å². The molecule has 0 aromatic heterocycles. The third-order valence-electron chi connectivity index (χ3n) is 4.09.